The molecule has 0 saturated carbocycles. The number of rotatable bonds is 5. The van der Waals surface area contributed by atoms with Gasteiger partial charge in [-0.05, 0) is 49.4 Å². The molecule has 4 rings (SSSR count). The molecule has 0 aliphatic carbocycles. The van der Waals surface area contributed by atoms with Crippen LogP contribution in [0.2, 0.25) is 0 Å². The van der Waals surface area contributed by atoms with Gasteiger partial charge in [0, 0.05) is 37.6 Å². The molecule has 2 heterocycles. The lowest BCUT2D eigenvalue weighted by molar-refractivity contribution is -0.125. The molecule has 1 N–H and O–H groups in total. The Hall–Kier alpha value is -3.28. The topological polar surface area (TPSA) is 109 Å². The number of hydrogen-bond donors (Lipinski definition) is 1. The zero-order valence-corrected chi connectivity index (χ0v) is 20.0. The minimum absolute atomic E-state index is 0.106. The van der Waals surface area contributed by atoms with E-state index in [1.165, 1.54) is 49.7 Å². The van der Waals surface area contributed by atoms with E-state index in [0.29, 0.717) is 27.8 Å². The Morgan fingerprint density at radius 3 is 2.55 bits per heavy atom. The van der Waals surface area contributed by atoms with Crippen molar-refractivity contribution in [1.29, 1.82) is 0 Å². The number of carbonyl (C=O) groups excluding carboxylic acids is 2. The van der Waals surface area contributed by atoms with E-state index in [-0.39, 0.29) is 10.8 Å². The second-order valence-corrected chi connectivity index (χ2v) is 10.7. The second-order valence-electron chi connectivity index (χ2n) is 7.64. The predicted molar refractivity (Wildman–Crippen MR) is 126 cm³/mol. The highest BCUT2D eigenvalue weighted by molar-refractivity contribution is 7.89. The molecule has 0 bridgehead atoms. The van der Waals surface area contributed by atoms with Gasteiger partial charge in [-0.3, -0.25) is 14.9 Å². The lowest BCUT2D eigenvalue weighted by Crippen LogP contribution is -2.41. The number of thiazole rings is 1. The number of anilines is 2. The molecule has 2 amide bonds. The number of ether oxygens (including phenoxy) is 1. The summed E-state index contributed by atoms with van der Waals surface area (Å²) in [4.78, 5) is 30.9. The van der Waals surface area contributed by atoms with Crippen LogP contribution in [0.5, 0.6) is 5.75 Å². The van der Waals surface area contributed by atoms with Crippen molar-refractivity contribution in [2.45, 2.75) is 17.9 Å². The molecule has 33 heavy (non-hydrogen) atoms. The van der Waals surface area contributed by atoms with Gasteiger partial charge in [-0.25, -0.2) is 17.7 Å². The maximum absolute atomic E-state index is 12.6. The van der Waals surface area contributed by atoms with Crippen molar-refractivity contribution >= 4 is 44.0 Å². The van der Waals surface area contributed by atoms with Gasteiger partial charge < -0.3 is 9.64 Å². The molecule has 0 fully saturated rings. The molecule has 1 unspecified atom stereocenters. The first kappa shape index (κ1) is 22.9. The fourth-order valence-corrected chi connectivity index (χ4v) is 4.91. The smallest absolute Gasteiger partial charge is 0.267 e. The van der Waals surface area contributed by atoms with Gasteiger partial charge in [0.15, 0.2) is 11.2 Å². The predicted octanol–water partition coefficient (Wildman–Crippen LogP) is 3.06. The van der Waals surface area contributed by atoms with Crippen LogP contribution in [0.1, 0.15) is 17.3 Å². The van der Waals surface area contributed by atoms with Crippen molar-refractivity contribution in [3.8, 4) is 17.0 Å². The summed E-state index contributed by atoms with van der Waals surface area (Å²) >= 11 is 1.26. The number of aromatic nitrogens is 1. The number of sulfonamides is 1. The summed E-state index contributed by atoms with van der Waals surface area (Å²) in [5, 5.41) is 4.93. The molecule has 9 nitrogen and oxygen atoms in total. The van der Waals surface area contributed by atoms with Crippen LogP contribution >= 0.6 is 11.3 Å². The van der Waals surface area contributed by atoms with E-state index < -0.39 is 22.0 Å². The van der Waals surface area contributed by atoms with Crippen LogP contribution < -0.4 is 15.0 Å². The van der Waals surface area contributed by atoms with Crippen LogP contribution in [-0.4, -0.2) is 56.8 Å². The summed E-state index contributed by atoms with van der Waals surface area (Å²) in [7, 11) is 1.03. The first-order chi connectivity index (χ1) is 15.6. The van der Waals surface area contributed by atoms with Crippen LogP contribution in [-0.2, 0) is 14.8 Å². The number of likely N-dealkylation sites (N-methyl/N-ethyl adjacent to an activating group) is 1. The minimum atomic E-state index is -3.56. The molecule has 2 aromatic carbocycles. The fraction of sp³-hybridized carbons (Fsp3) is 0.227. The molecular formula is C22H22N4O5S2. The second kappa shape index (κ2) is 8.58. The first-order valence-electron chi connectivity index (χ1n) is 9.96. The normalized spacial score (nSPS) is 15.8. The van der Waals surface area contributed by atoms with E-state index in [1.807, 2.05) is 12.1 Å². The van der Waals surface area contributed by atoms with Crippen molar-refractivity contribution in [2.75, 3.05) is 31.4 Å². The Balaban J connectivity index is 1.51. The largest absolute Gasteiger partial charge is 0.479 e. The maximum Gasteiger partial charge on any atom is 0.267 e. The lowest BCUT2D eigenvalue weighted by atomic mass is 10.1. The molecule has 1 aliphatic heterocycles. The third-order valence-electron chi connectivity index (χ3n) is 5.22. The Morgan fingerprint density at radius 1 is 1.18 bits per heavy atom. The van der Waals surface area contributed by atoms with Gasteiger partial charge >= 0.3 is 0 Å². The van der Waals surface area contributed by atoms with Crippen molar-refractivity contribution in [3.63, 3.8) is 0 Å². The van der Waals surface area contributed by atoms with Gasteiger partial charge in [-0.2, -0.15) is 0 Å². The number of benzene rings is 2. The summed E-state index contributed by atoms with van der Waals surface area (Å²) < 4.78 is 31.1. The van der Waals surface area contributed by atoms with Crippen LogP contribution in [0.4, 0.5) is 10.8 Å². The van der Waals surface area contributed by atoms with Crippen molar-refractivity contribution < 1.29 is 22.7 Å². The van der Waals surface area contributed by atoms with Gasteiger partial charge in [0.25, 0.3) is 11.8 Å². The van der Waals surface area contributed by atoms with Crippen molar-refractivity contribution in [3.05, 3.63) is 53.4 Å². The molecule has 1 aromatic heterocycles. The molecule has 0 spiro atoms. The number of nitrogens with zero attached hydrogens (tertiary/aromatic N) is 3. The van der Waals surface area contributed by atoms with Gasteiger partial charge in [0.1, 0.15) is 5.75 Å². The van der Waals surface area contributed by atoms with Crippen LogP contribution in [0.3, 0.4) is 0 Å². The van der Waals surface area contributed by atoms with E-state index in [4.69, 9.17) is 4.74 Å². The Morgan fingerprint density at radius 2 is 1.88 bits per heavy atom. The Bertz CT molecular complexity index is 1330. The van der Waals surface area contributed by atoms with E-state index in [0.717, 1.165) is 9.87 Å². The maximum atomic E-state index is 12.6. The van der Waals surface area contributed by atoms with Gasteiger partial charge in [0.05, 0.1) is 16.3 Å². The Kier molecular flexibility index (Phi) is 5.95. The minimum Gasteiger partial charge on any atom is -0.479 e. The number of amides is 2. The number of fused-ring (bicyclic) bond motifs is 1. The number of carbonyl (C=O) groups is 2. The Labute approximate surface area is 195 Å². The van der Waals surface area contributed by atoms with Crippen LogP contribution in [0.15, 0.2) is 52.7 Å². The molecule has 11 heteroatoms. The van der Waals surface area contributed by atoms with E-state index in [1.54, 1.807) is 30.3 Å². The first-order valence-corrected chi connectivity index (χ1v) is 12.3. The molecule has 3 aromatic rings. The quantitative estimate of drug-likeness (QED) is 0.594. The average Bonchev–Trinajstić information content (AvgIpc) is 3.25. The summed E-state index contributed by atoms with van der Waals surface area (Å²) in [5.41, 5.74) is 2.39. The van der Waals surface area contributed by atoms with E-state index >= 15 is 0 Å². The molecule has 172 valence electrons. The molecule has 0 radical (unpaired) electrons. The van der Waals surface area contributed by atoms with Crippen molar-refractivity contribution in [1.82, 2.24) is 9.29 Å². The highest BCUT2D eigenvalue weighted by Gasteiger charge is 2.29. The van der Waals surface area contributed by atoms with E-state index in [9.17, 15) is 18.0 Å². The highest BCUT2D eigenvalue weighted by Crippen LogP contribution is 2.37. The zero-order valence-electron chi connectivity index (χ0n) is 18.4. The fourth-order valence-electron chi connectivity index (χ4n) is 3.29. The van der Waals surface area contributed by atoms with Crippen LogP contribution in [0.25, 0.3) is 11.3 Å². The van der Waals surface area contributed by atoms with Crippen molar-refractivity contribution in [2.24, 2.45) is 0 Å². The number of hydrogen-bond acceptors (Lipinski definition) is 7. The third kappa shape index (κ3) is 4.34. The van der Waals surface area contributed by atoms with Gasteiger partial charge in [0.2, 0.25) is 10.0 Å². The van der Waals surface area contributed by atoms with E-state index in [2.05, 4.69) is 10.3 Å². The number of nitrogens with one attached hydrogen (secondary N) is 1. The van der Waals surface area contributed by atoms with Crippen LogP contribution in [0, 0.1) is 0 Å². The highest BCUT2D eigenvalue weighted by atomic mass is 32.2. The molecule has 0 saturated heterocycles. The molecule has 1 aliphatic rings. The average molecular weight is 487 g/mol. The van der Waals surface area contributed by atoms with Gasteiger partial charge in [-0.15, -0.1) is 11.3 Å². The molecule has 1 atom stereocenters. The summed E-state index contributed by atoms with van der Waals surface area (Å²) in [6.07, 6.45) is -0.536. The molecular weight excluding hydrogens is 464 g/mol. The summed E-state index contributed by atoms with van der Waals surface area (Å²) in [6.45, 7) is 1.71. The lowest BCUT2D eigenvalue weighted by Gasteiger charge is -2.30. The monoisotopic (exact) mass is 486 g/mol. The standard InChI is InChI=1S/C22H22N4O5S2/c1-13-21(28)26(4)18-11-15(7-10-19(18)31-13)17-12-32-22(23-17)24-20(27)14-5-8-16(9-6-14)33(29,30)25(2)3/h5-13H,1-4H3,(H,23,24,27). The van der Waals surface area contributed by atoms with Gasteiger partial charge in [-0.1, -0.05) is 0 Å². The zero-order chi connectivity index (χ0) is 23.9. The SMILES string of the molecule is CC1Oc2ccc(-c3csc(NC(=O)c4ccc(S(=O)(=O)N(C)C)cc4)n3)cc2N(C)C1=O. The summed E-state index contributed by atoms with van der Waals surface area (Å²) in [5.74, 6) is 0.0926. The summed E-state index contributed by atoms with van der Waals surface area (Å²) in [6, 6.07) is 11.2. The third-order valence-corrected chi connectivity index (χ3v) is 7.80.